The standard InChI is InChI=1S/C13H26O3/c1-5-6-7-8-12(14)16-10-9-15-11-13(2,3)4/h5-11H2,1-4H3. The first-order chi connectivity index (χ1) is 7.45. The van der Waals surface area contributed by atoms with Crippen molar-refractivity contribution >= 4 is 5.97 Å². The Labute approximate surface area is 99.5 Å². The lowest BCUT2D eigenvalue weighted by molar-refractivity contribution is -0.145. The Balaban J connectivity index is 3.28. The summed E-state index contributed by atoms with van der Waals surface area (Å²) in [4.78, 5) is 11.2. The van der Waals surface area contributed by atoms with E-state index in [1.54, 1.807) is 0 Å². The monoisotopic (exact) mass is 230 g/mol. The van der Waals surface area contributed by atoms with Crippen molar-refractivity contribution in [2.45, 2.75) is 53.4 Å². The second kappa shape index (κ2) is 8.57. The summed E-state index contributed by atoms with van der Waals surface area (Å²) in [6.07, 6.45) is 3.68. The average molecular weight is 230 g/mol. The van der Waals surface area contributed by atoms with Crippen LogP contribution in [0.3, 0.4) is 0 Å². The van der Waals surface area contributed by atoms with E-state index in [9.17, 15) is 4.79 Å². The van der Waals surface area contributed by atoms with Gasteiger partial charge in [-0.25, -0.2) is 0 Å². The molecule has 96 valence electrons. The predicted octanol–water partition coefficient (Wildman–Crippen LogP) is 3.17. The Morgan fingerprint density at radius 3 is 2.38 bits per heavy atom. The average Bonchev–Trinajstić information content (AvgIpc) is 2.16. The van der Waals surface area contributed by atoms with Crippen molar-refractivity contribution in [1.29, 1.82) is 0 Å². The zero-order valence-corrected chi connectivity index (χ0v) is 11.2. The highest BCUT2D eigenvalue weighted by atomic mass is 16.6. The first kappa shape index (κ1) is 15.4. The first-order valence-corrected chi connectivity index (χ1v) is 6.19. The van der Waals surface area contributed by atoms with Gasteiger partial charge in [-0.1, -0.05) is 40.5 Å². The Bertz CT molecular complexity index is 182. The summed E-state index contributed by atoms with van der Waals surface area (Å²) in [5.74, 6) is -0.104. The molecule has 0 radical (unpaired) electrons. The van der Waals surface area contributed by atoms with Gasteiger partial charge in [0.05, 0.1) is 13.2 Å². The van der Waals surface area contributed by atoms with Crippen LogP contribution in [0, 0.1) is 5.41 Å². The highest BCUT2D eigenvalue weighted by Crippen LogP contribution is 2.12. The van der Waals surface area contributed by atoms with E-state index in [0.29, 0.717) is 26.2 Å². The molecule has 3 heteroatoms. The maximum Gasteiger partial charge on any atom is 0.305 e. The molecule has 0 amide bonds. The second-order valence-corrected chi connectivity index (χ2v) is 5.29. The molecule has 0 N–H and O–H groups in total. The van der Waals surface area contributed by atoms with E-state index in [-0.39, 0.29) is 11.4 Å². The molecule has 0 aliphatic rings. The molecular formula is C13H26O3. The molecule has 0 saturated carbocycles. The van der Waals surface area contributed by atoms with Crippen LogP contribution in [0.5, 0.6) is 0 Å². The predicted molar refractivity (Wildman–Crippen MR) is 65.4 cm³/mol. The molecule has 16 heavy (non-hydrogen) atoms. The maximum atomic E-state index is 11.2. The summed E-state index contributed by atoms with van der Waals surface area (Å²) in [6.45, 7) is 10.0. The zero-order valence-electron chi connectivity index (χ0n) is 11.2. The summed E-state index contributed by atoms with van der Waals surface area (Å²) in [7, 11) is 0. The van der Waals surface area contributed by atoms with Crippen LogP contribution in [0.15, 0.2) is 0 Å². The molecule has 0 saturated heterocycles. The molecule has 0 spiro atoms. The molecule has 0 bridgehead atoms. The van der Waals surface area contributed by atoms with E-state index in [1.807, 2.05) is 0 Å². The van der Waals surface area contributed by atoms with Gasteiger partial charge in [0.2, 0.25) is 0 Å². The summed E-state index contributed by atoms with van der Waals surface area (Å²) >= 11 is 0. The van der Waals surface area contributed by atoms with Crippen LogP contribution in [0.2, 0.25) is 0 Å². The molecule has 0 unspecified atom stereocenters. The number of carbonyl (C=O) groups excluding carboxylic acids is 1. The number of unbranched alkanes of at least 4 members (excludes halogenated alkanes) is 2. The summed E-state index contributed by atoms with van der Waals surface area (Å²) in [6, 6.07) is 0. The molecule has 0 aromatic carbocycles. The normalized spacial score (nSPS) is 11.5. The van der Waals surface area contributed by atoms with Crippen LogP contribution in [0.4, 0.5) is 0 Å². The highest BCUT2D eigenvalue weighted by Gasteiger charge is 2.09. The summed E-state index contributed by atoms with van der Waals surface area (Å²) in [5, 5.41) is 0. The third kappa shape index (κ3) is 11.5. The number of hydrogen-bond acceptors (Lipinski definition) is 3. The highest BCUT2D eigenvalue weighted by molar-refractivity contribution is 5.69. The largest absolute Gasteiger partial charge is 0.463 e. The minimum atomic E-state index is -0.104. The van der Waals surface area contributed by atoms with E-state index < -0.39 is 0 Å². The Kier molecular flexibility index (Phi) is 8.26. The lowest BCUT2D eigenvalue weighted by atomic mass is 9.99. The molecule has 0 fully saturated rings. The zero-order chi connectivity index (χ0) is 12.4. The lowest BCUT2D eigenvalue weighted by Crippen LogP contribution is -2.18. The van der Waals surface area contributed by atoms with E-state index in [0.717, 1.165) is 19.3 Å². The van der Waals surface area contributed by atoms with Crippen LogP contribution in [0.25, 0.3) is 0 Å². The van der Waals surface area contributed by atoms with Crippen molar-refractivity contribution in [2.24, 2.45) is 5.41 Å². The lowest BCUT2D eigenvalue weighted by Gasteiger charge is -2.17. The fourth-order valence-corrected chi connectivity index (χ4v) is 1.18. The third-order valence-corrected chi connectivity index (χ3v) is 2.01. The van der Waals surface area contributed by atoms with Crippen molar-refractivity contribution in [1.82, 2.24) is 0 Å². The van der Waals surface area contributed by atoms with Gasteiger partial charge in [-0.05, 0) is 11.8 Å². The fourth-order valence-electron chi connectivity index (χ4n) is 1.18. The van der Waals surface area contributed by atoms with Crippen molar-refractivity contribution < 1.29 is 14.3 Å². The summed E-state index contributed by atoms with van der Waals surface area (Å²) in [5.41, 5.74) is 0.172. The quantitative estimate of drug-likeness (QED) is 0.474. The van der Waals surface area contributed by atoms with Gasteiger partial charge in [0.15, 0.2) is 0 Å². The van der Waals surface area contributed by atoms with Crippen LogP contribution >= 0.6 is 0 Å². The molecule has 0 aliphatic carbocycles. The number of ether oxygens (including phenoxy) is 2. The number of rotatable bonds is 8. The van der Waals surface area contributed by atoms with Crippen molar-refractivity contribution in [3.63, 3.8) is 0 Å². The first-order valence-electron chi connectivity index (χ1n) is 6.19. The van der Waals surface area contributed by atoms with E-state index in [4.69, 9.17) is 9.47 Å². The molecule has 0 heterocycles. The van der Waals surface area contributed by atoms with Crippen LogP contribution in [-0.2, 0) is 14.3 Å². The van der Waals surface area contributed by atoms with Gasteiger partial charge in [-0.3, -0.25) is 4.79 Å². The van der Waals surface area contributed by atoms with E-state index >= 15 is 0 Å². The molecule has 0 aromatic heterocycles. The van der Waals surface area contributed by atoms with Gasteiger partial charge in [-0.2, -0.15) is 0 Å². The maximum absolute atomic E-state index is 11.2. The molecule has 0 atom stereocenters. The summed E-state index contributed by atoms with van der Waals surface area (Å²) < 4.78 is 10.4. The molecule has 0 aliphatic heterocycles. The second-order valence-electron chi connectivity index (χ2n) is 5.29. The molecule has 3 nitrogen and oxygen atoms in total. The Hall–Kier alpha value is -0.570. The van der Waals surface area contributed by atoms with E-state index in [2.05, 4.69) is 27.7 Å². The van der Waals surface area contributed by atoms with Gasteiger partial charge in [0.1, 0.15) is 6.61 Å². The number of carbonyl (C=O) groups is 1. The van der Waals surface area contributed by atoms with Crippen LogP contribution < -0.4 is 0 Å². The van der Waals surface area contributed by atoms with Gasteiger partial charge < -0.3 is 9.47 Å². The minimum Gasteiger partial charge on any atom is -0.463 e. The topological polar surface area (TPSA) is 35.5 Å². The van der Waals surface area contributed by atoms with Gasteiger partial charge >= 0.3 is 5.97 Å². The number of hydrogen-bond donors (Lipinski definition) is 0. The number of esters is 1. The van der Waals surface area contributed by atoms with Gasteiger partial charge in [0, 0.05) is 6.42 Å². The fraction of sp³-hybridized carbons (Fsp3) is 0.923. The third-order valence-electron chi connectivity index (χ3n) is 2.01. The van der Waals surface area contributed by atoms with Crippen LogP contribution in [0.1, 0.15) is 53.4 Å². The molecular weight excluding hydrogens is 204 g/mol. The smallest absolute Gasteiger partial charge is 0.305 e. The SMILES string of the molecule is CCCCCC(=O)OCCOCC(C)(C)C. The Morgan fingerprint density at radius 2 is 1.81 bits per heavy atom. The van der Waals surface area contributed by atoms with Crippen LogP contribution in [-0.4, -0.2) is 25.8 Å². The van der Waals surface area contributed by atoms with Gasteiger partial charge in [-0.15, -0.1) is 0 Å². The molecule has 0 aromatic rings. The van der Waals surface area contributed by atoms with E-state index in [1.165, 1.54) is 0 Å². The van der Waals surface area contributed by atoms with Gasteiger partial charge in [0.25, 0.3) is 0 Å². The molecule has 0 rings (SSSR count). The van der Waals surface area contributed by atoms with Crippen molar-refractivity contribution in [3.05, 3.63) is 0 Å². The van der Waals surface area contributed by atoms with Crippen molar-refractivity contribution in [2.75, 3.05) is 19.8 Å². The minimum absolute atomic E-state index is 0.104. The Morgan fingerprint density at radius 1 is 1.12 bits per heavy atom. The van der Waals surface area contributed by atoms with Crippen molar-refractivity contribution in [3.8, 4) is 0 Å².